The van der Waals surface area contributed by atoms with Crippen molar-refractivity contribution in [2.75, 3.05) is 6.54 Å². The van der Waals surface area contributed by atoms with Gasteiger partial charge in [0.25, 0.3) is 0 Å². The second kappa shape index (κ2) is 13.9. The van der Waals surface area contributed by atoms with Gasteiger partial charge in [-0.25, -0.2) is 19.1 Å². The van der Waals surface area contributed by atoms with E-state index in [1.807, 2.05) is 0 Å². The number of aliphatic carboxylic acids is 1. The van der Waals surface area contributed by atoms with Crippen LogP contribution in [0.2, 0.25) is 0 Å². The van der Waals surface area contributed by atoms with Crippen LogP contribution in [0.25, 0.3) is 33.1 Å². The van der Waals surface area contributed by atoms with E-state index in [-0.39, 0.29) is 46.7 Å². The number of nitrogens with one attached hydrogen (secondary N) is 3. The molecule has 0 fully saturated rings. The predicted molar refractivity (Wildman–Crippen MR) is 168 cm³/mol. The third kappa shape index (κ3) is 7.22. The second-order valence-electron chi connectivity index (χ2n) is 10.7. The predicted octanol–water partition coefficient (Wildman–Crippen LogP) is 0.170. The number of phenolic OH excluding ortho intramolecular Hbond substituents is 4. The zero-order chi connectivity index (χ0) is 36.3. The van der Waals surface area contributed by atoms with E-state index >= 15 is 0 Å². The maximum Gasteiger partial charge on any atom is 0.344 e. The van der Waals surface area contributed by atoms with Crippen molar-refractivity contribution in [2.45, 2.75) is 32.0 Å². The molecule has 1 atom stereocenters. The van der Waals surface area contributed by atoms with Gasteiger partial charge in [-0.3, -0.25) is 15.0 Å². The van der Waals surface area contributed by atoms with Crippen LogP contribution in [-0.4, -0.2) is 76.9 Å². The number of carbonyl (C=O) groups is 3. The third-order valence-corrected chi connectivity index (χ3v) is 7.20. The van der Waals surface area contributed by atoms with Gasteiger partial charge in [0.15, 0.2) is 29.0 Å². The molecule has 0 saturated carbocycles. The number of ether oxygens (including phenoxy) is 1. The number of benzene rings is 2. The fourth-order valence-corrected chi connectivity index (χ4v) is 4.85. The number of aromatic hydroxyl groups is 4. The highest BCUT2D eigenvalue weighted by Gasteiger charge is 2.27. The summed E-state index contributed by atoms with van der Waals surface area (Å²) in [6.45, 7) is -0.835. The molecule has 0 spiro atoms. The van der Waals surface area contributed by atoms with Crippen molar-refractivity contribution in [1.82, 2.24) is 25.6 Å². The Morgan fingerprint density at radius 1 is 1.02 bits per heavy atom. The molecule has 0 unspecified atom stereocenters. The van der Waals surface area contributed by atoms with Crippen LogP contribution in [-0.2, 0) is 27.5 Å². The monoisotopic (exact) mass is 693 g/mol. The zero-order valence-corrected chi connectivity index (χ0v) is 25.5. The van der Waals surface area contributed by atoms with Crippen LogP contribution in [0.5, 0.6) is 23.0 Å². The molecule has 2 aromatic carbocycles. The summed E-state index contributed by atoms with van der Waals surface area (Å²) in [5.41, 5.74) is 1.07. The maximum atomic E-state index is 13.7. The quantitative estimate of drug-likeness (QED) is 0.0210. The lowest BCUT2D eigenvalue weighted by Gasteiger charge is -2.14. The van der Waals surface area contributed by atoms with E-state index in [1.54, 1.807) is 0 Å². The molecular weight excluding hydrogens is 666 g/mol. The number of nitrogens with two attached hydrogens (primary N) is 1. The van der Waals surface area contributed by atoms with E-state index in [0.717, 1.165) is 29.1 Å². The van der Waals surface area contributed by atoms with Gasteiger partial charge in [0.2, 0.25) is 11.3 Å². The number of guanidine groups is 1. The lowest BCUT2D eigenvalue weighted by atomic mass is 10.0. The van der Waals surface area contributed by atoms with E-state index in [4.69, 9.17) is 24.7 Å². The van der Waals surface area contributed by atoms with E-state index in [9.17, 15) is 49.5 Å². The summed E-state index contributed by atoms with van der Waals surface area (Å²) in [6, 6.07) is 2.89. The van der Waals surface area contributed by atoms with Gasteiger partial charge in [-0.2, -0.15) is 0 Å². The highest BCUT2D eigenvalue weighted by molar-refractivity contribution is 6.07. The summed E-state index contributed by atoms with van der Waals surface area (Å²) < 4.78 is 16.8. The van der Waals surface area contributed by atoms with Crippen molar-refractivity contribution in [1.29, 1.82) is 5.41 Å². The molecule has 0 bridgehead atoms. The van der Waals surface area contributed by atoms with Crippen molar-refractivity contribution in [3.05, 3.63) is 68.6 Å². The average Bonchev–Trinajstić information content (AvgIpc) is 3.50. The molecule has 0 radical (unpaired) electrons. The molecule has 50 heavy (non-hydrogen) atoms. The Hall–Kier alpha value is -7.12. The number of esters is 1. The fourth-order valence-electron chi connectivity index (χ4n) is 4.85. The Morgan fingerprint density at radius 2 is 1.74 bits per heavy atom. The minimum absolute atomic E-state index is 0.00373. The molecule has 0 aliphatic carbocycles. The Balaban J connectivity index is 1.34. The van der Waals surface area contributed by atoms with Gasteiger partial charge in [-0.1, -0.05) is 5.21 Å². The Bertz CT molecular complexity index is 2290. The number of hydrogen-bond acceptors (Lipinski definition) is 15. The van der Waals surface area contributed by atoms with Crippen LogP contribution in [0.1, 0.15) is 28.9 Å². The molecule has 0 aliphatic rings. The molecule has 3 aromatic heterocycles. The number of aromatic nitrogens is 3. The molecule has 0 saturated heterocycles. The number of nitrogens with zero attached hydrogens (tertiary/aromatic N) is 3. The molecule has 5 aromatic rings. The van der Waals surface area contributed by atoms with Crippen molar-refractivity contribution >= 4 is 45.7 Å². The van der Waals surface area contributed by atoms with E-state index in [1.165, 1.54) is 12.3 Å². The molecule has 20 heteroatoms. The lowest BCUT2D eigenvalue weighted by molar-refractivity contribution is -0.142. The SMILES string of the molecule is N=C(N)NCCC[C@H](NC(=O)Cn1cc(COC(=O)c2c(O)c(O)cc3occ(-c4cc5cc(O)c(O)cc5oc4=O)c(=O)c23)nn1)C(=O)O. The van der Waals surface area contributed by atoms with E-state index in [2.05, 4.69) is 20.9 Å². The number of carboxylic acids is 1. The van der Waals surface area contributed by atoms with Gasteiger partial charge in [-0.15, -0.1) is 5.10 Å². The summed E-state index contributed by atoms with van der Waals surface area (Å²) >= 11 is 0. The van der Waals surface area contributed by atoms with Gasteiger partial charge < -0.3 is 55.5 Å². The Kier molecular flexibility index (Phi) is 9.53. The number of carbonyl (C=O) groups excluding carboxylic acids is 2. The van der Waals surface area contributed by atoms with Crippen molar-refractivity contribution in [2.24, 2.45) is 5.73 Å². The van der Waals surface area contributed by atoms with Gasteiger partial charge in [0, 0.05) is 24.1 Å². The number of phenols is 4. The Labute approximate surface area is 277 Å². The van der Waals surface area contributed by atoms with Crippen LogP contribution in [0.15, 0.2) is 55.1 Å². The van der Waals surface area contributed by atoms with E-state index in [0.29, 0.717) is 6.42 Å². The largest absolute Gasteiger partial charge is 0.504 e. The molecule has 260 valence electrons. The minimum Gasteiger partial charge on any atom is -0.504 e. The number of amides is 1. The first-order valence-corrected chi connectivity index (χ1v) is 14.4. The fraction of sp³-hybridized carbons (Fsp3) is 0.200. The summed E-state index contributed by atoms with van der Waals surface area (Å²) in [5.74, 6) is -6.57. The summed E-state index contributed by atoms with van der Waals surface area (Å²) in [7, 11) is 0. The van der Waals surface area contributed by atoms with Gasteiger partial charge >= 0.3 is 17.6 Å². The van der Waals surface area contributed by atoms with Crippen molar-refractivity contribution in [3.63, 3.8) is 0 Å². The first kappa shape index (κ1) is 34.2. The van der Waals surface area contributed by atoms with Crippen LogP contribution < -0.4 is 27.4 Å². The first-order chi connectivity index (χ1) is 23.7. The number of fused-ring (bicyclic) bond motifs is 2. The van der Waals surface area contributed by atoms with Gasteiger partial charge in [0.05, 0.1) is 22.7 Å². The molecule has 5 rings (SSSR count). The number of hydrogen-bond donors (Lipinski definition) is 9. The van der Waals surface area contributed by atoms with E-state index < -0.39 is 87.6 Å². The smallest absolute Gasteiger partial charge is 0.344 e. The molecule has 1 amide bonds. The highest BCUT2D eigenvalue weighted by Crippen LogP contribution is 2.36. The molecule has 10 N–H and O–H groups in total. The topological polar surface area (TPSA) is 327 Å². The van der Waals surface area contributed by atoms with Crippen LogP contribution >= 0.6 is 0 Å². The van der Waals surface area contributed by atoms with Gasteiger partial charge in [0.1, 0.15) is 47.9 Å². The molecular formula is C30H27N7O13. The molecule has 20 nitrogen and oxygen atoms in total. The molecule has 0 aliphatic heterocycles. The van der Waals surface area contributed by atoms with Crippen molar-refractivity contribution < 1.29 is 53.5 Å². The second-order valence-corrected chi connectivity index (χ2v) is 10.7. The van der Waals surface area contributed by atoms with Crippen LogP contribution in [0.4, 0.5) is 0 Å². The van der Waals surface area contributed by atoms with Gasteiger partial charge in [-0.05, 0) is 25.0 Å². The third-order valence-electron chi connectivity index (χ3n) is 7.20. The van der Waals surface area contributed by atoms with Crippen molar-refractivity contribution in [3.8, 4) is 34.1 Å². The first-order valence-electron chi connectivity index (χ1n) is 14.4. The number of carboxylic acid groups (broad SMARTS) is 1. The van der Waals surface area contributed by atoms with Crippen LogP contribution in [0.3, 0.4) is 0 Å². The highest BCUT2D eigenvalue weighted by atomic mass is 16.5. The molecule has 3 heterocycles. The normalized spacial score (nSPS) is 11.7. The number of rotatable bonds is 12. The minimum atomic E-state index is -1.32. The Morgan fingerprint density at radius 3 is 2.46 bits per heavy atom. The summed E-state index contributed by atoms with van der Waals surface area (Å²) in [5, 5.41) is 68.8. The maximum absolute atomic E-state index is 13.7. The summed E-state index contributed by atoms with van der Waals surface area (Å²) in [4.78, 5) is 63.7. The van der Waals surface area contributed by atoms with Crippen LogP contribution in [0, 0.1) is 5.41 Å². The average molecular weight is 694 g/mol. The standard InChI is InChI=1S/C30H27N7O13/c31-30(32)33-3-1-2-16(27(44)45)34-22(41)9-37-8-13(35-36-37)10-49-29(47)24-23-21(7-19(40)26(24)43)48-11-15(25(23)42)14-4-12-5-17(38)18(39)6-20(12)50-28(14)46/h4-8,11,16,38-40,43H,1-3,9-10H2,(H,34,41)(H,44,45)(H4,31,32,33)/t16-/m0/s1. The summed E-state index contributed by atoms with van der Waals surface area (Å²) in [6.07, 6.45) is 2.41. The lowest BCUT2D eigenvalue weighted by Crippen LogP contribution is -2.43. The zero-order valence-electron chi connectivity index (χ0n) is 25.5.